The lowest BCUT2D eigenvalue weighted by atomic mass is 9.98. The molecule has 1 fully saturated rings. The van der Waals surface area contributed by atoms with Crippen molar-refractivity contribution in [2.45, 2.75) is 24.2 Å². The second-order valence-corrected chi connectivity index (χ2v) is 7.42. The van der Waals surface area contributed by atoms with Gasteiger partial charge in [-0.15, -0.1) is 0 Å². The summed E-state index contributed by atoms with van der Waals surface area (Å²) in [5.41, 5.74) is 1.36. The minimum atomic E-state index is 0.764. The second-order valence-electron chi connectivity index (χ2n) is 6.25. The third-order valence-corrected chi connectivity index (χ3v) is 5.53. The topological polar surface area (TPSA) is 28.1 Å². The quantitative estimate of drug-likeness (QED) is 0.590. The minimum absolute atomic E-state index is 0.764. The van der Waals surface area contributed by atoms with Crippen LogP contribution in [0.1, 0.15) is 18.4 Å². The van der Waals surface area contributed by atoms with Gasteiger partial charge in [-0.05, 0) is 61.2 Å². The van der Waals surface area contributed by atoms with Crippen molar-refractivity contribution in [2.24, 2.45) is 10.9 Å². The Morgan fingerprint density at radius 3 is 3.04 bits per heavy atom. The molecule has 1 aromatic carbocycles. The number of hydrogen-bond acceptors (Lipinski definition) is 5. The number of benzene rings is 1. The molecule has 5 heteroatoms. The highest BCUT2D eigenvalue weighted by atomic mass is 32.2. The van der Waals surface area contributed by atoms with Gasteiger partial charge in [0.2, 0.25) is 0 Å². The third kappa shape index (κ3) is 4.52. The van der Waals surface area contributed by atoms with Gasteiger partial charge in [0.25, 0.3) is 0 Å². The van der Waals surface area contributed by atoms with Crippen molar-refractivity contribution >= 4 is 18.7 Å². The Morgan fingerprint density at radius 2 is 2.26 bits per heavy atom. The molecule has 0 atom stereocenters. The van der Waals surface area contributed by atoms with Crippen LogP contribution in [-0.2, 0) is 6.42 Å². The molecule has 1 saturated heterocycles. The van der Waals surface area contributed by atoms with Crippen molar-refractivity contribution in [1.82, 2.24) is 9.21 Å². The van der Waals surface area contributed by atoms with Crippen molar-refractivity contribution in [3.63, 3.8) is 0 Å². The van der Waals surface area contributed by atoms with Gasteiger partial charge in [0.1, 0.15) is 5.75 Å². The second kappa shape index (κ2) is 7.88. The molecule has 0 amide bonds. The number of hydrogen-bond donors (Lipinski definition) is 0. The molecule has 0 spiro atoms. The first-order chi connectivity index (χ1) is 11.2. The van der Waals surface area contributed by atoms with E-state index < -0.39 is 0 Å². The molecule has 0 radical (unpaired) electrons. The predicted molar refractivity (Wildman–Crippen MR) is 97.1 cm³/mol. The number of piperidine rings is 1. The van der Waals surface area contributed by atoms with E-state index in [1.807, 2.05) is 18.1 Å². The van der Waals surface area contributed by atoms with E-state index in [1.165, 1.54) is 23.3 Å². The molecule has 1 aromatic rings. The average Bonchev–Trinajstić information content (AvgIpc) is 3.02. The van der Waals surface area contributed by atoms with E-state index in [4.69, 9.17) is 4.74 Å². The molecule has 2 aliphatic rings. The Hall–Kier alpha value is -1.46. The first kappa shape index (κ1) is 16.4. The zero-order chi connectivity index (χ0) is 16.1. The standard InChI is InChI=1S/C18H25N3OS/c1-19-8-11-20(2)14-15-5-9-21(10-6-15)23-17-3-4-18-16(13-17)7-12-22-18/h3-4,8,11,13,15H,1,5-7,9-10,12,14H2,2H3/b11-8-. The van der Waals surface area contributed by atoms with E-state index in [0.29, 0.717) is 0 Å². The number of rotatable bonds is 6. The van der Waals surface area contributed by atoms with Gasteiger partial charge in [0.05, 0.1) is 6.61 Å². The predicted octanol–water partition coefficient (Wildman–Crippen LogP) is 3.44. The largest absolute Gasteiger partial charge is 0.493 e. The van der Waals surface area contributed by atoms with E-state index in [0.717, 1.165) is 44.3 Å². The lowest BCUT2D eigenvalue weighted by molar-refractivity contribution is 0.245. The summed E-state index contributed by atoms with van der Waals surface area (Å²) in [7, 11) is 2.11. The molecule has 4 nitrogen and oxygen atoms in total. The van der Waals surface area contributed by atoms with E-state index in [9.17, 15) is 0 Å². The lowest BCUT2D eigenvalue weighted by Crippen LogP contribution is -2.33. The highest BCUT2D eigenvalue weighted by molar-refractivity contribution is 7.97. The van der Waals surface area contributed by atoms with Gasteiger partial charge in [-0.25, -0.2) is 4.31 Å². The summed E-state index contributed by atoms with van der Waals surface area (Å²) in [6, 6.07) is 6.59. The fourth-order valence-corrected chi connectivity index (χ4v) is 4.20. The number of nitrogens with zero attached hydrogens (tertiary/aromatic N) is 3. The normalized spacial score (nSPS) is 18.8. The van der Waals surface area contributed by atoms with Gasteiger partial charge in [0, 0.05) is 50.4 Å². The molecule has 0 aromatic heterocycles. The summed E-state index contributed by atoms with van der Waals surface area (Å²) in [6.07, 6.45) is 7.30. The van der Waals surface area contributed by atoms with E-state index in [2.05, 4.69) is 46.2 Å². The molecule has 0 bridgehead atoms. The zero-order valence-corrected chi connectivity index (χ0v) is 14.6. The van der Waals surface area contributed by atoms with Crippen LogP contribution in [0.15, 0.2) is 40.5 Å². The molecule has 0 N–H and O–H groups in total. The lowest BCUT2D eigenvalue weighted by Gasteiger charge is -2.32. The third-order valence-electron chi connectivity index (χ3n) is 4.44. The Labute approximate surface area is 143 Å². The van der Waals surface area contributed by atoms with Crippen molar-refractivity contribution in [1.29, 1.82) is 0 Å². The van der Waals surface area contributed by atoms with Crippen LogP contribution in [0.25, 0.3) is 0 Å². The van der Waals surface area contributed by atoms with Gasteiger partial charge in [0.15, 0.2) is 0 Å². The summed E-state index contributed by atoms with van der Waals surface area (Å²) >= 11 is 1.89. The minimum Gasteiger partial charge on any atom is -0.493 e. The molecular formula is C18H25N3OS. The maximum Gasteiger partial charge on any atom is 0.122 e. The molecule has 0 aliphatic carbocycles. The smallest absolute Gasteiger partial charge is 0.122 e. The van der Waals surface area contributed by atoms with E-state index >= 15 is 0 Å². The van der Waals surface area contributed by atoms with Gasteiger partial charge in [-0.2, -0.15) is 0 Å². The Balaban J connectivity index is 1.46. The van der Waals surface area contributed by atoms with Crippen LogP contribution in [0.4, 0.5) is 0 Å². The van der Waals surface area contributed by atoms with Crippen LogP contribution in [0.3, 0.4) is 0 Å². The molecular weight excluding hydrogens is 306 g/mol. The highest BCUT2D eigenvalue weighted by Gasteiger charge is 2.21. The van der Waals surface area contributed by atoms with Gasteiger partial charge >= 0.3 is 0 Å². The van der Waals surface area contributed by atoms with Crippen LogP contribution in [0.5, 0.6) is 5.75 Å². The molecule has 0 saturated carbocycles. The van der Waals surface area contributed by atoms with Gasteiger partial charge in [-0.1, -0.05) is 0 Å². The fraction of sp³-hybridized carbons (Fsp3) is 0.500. The molecule has 0 unspecified atom stereocenters. The monoisotopic (exact) mass is 331 g/mol. The molecule has 3 rings (SSSR count). The first-order valence-electron chi connectivity index (χ1n) is 8.26. The van der Waals surface area contributed by atoms with Crippen molar-refractivity contribution in [3.8, 4) is 5.75 Å². The molecule has 2 heterocycles. The Morgan fingerprint density at radius 1 is 1.43 bits per heavy atom. The van der Waals surface area contributed by atoms with Crippen LogP contribution < -0.4 is 4.74 Å². The maximum absolute atomic E-state index is 5.58. The van der Waals surface area contributed by atoms with Gasteiger partial charge < -0.3 is 9.64 Å². The Bertz CT molecular complexity index is 567. The van der Waals surface area contributed by atoms with Crippen LogP contribution in [0.2, 0.25) is 0 Å². The number of ether oxygens (including phenoxy) is 1. The first-order valence-corrected chi connectivity index (χ1v) is 9.03. The maximum atomic E-state index is 5.58. The summed E-state index contributed by atoms with van der Waals surface area (Å²) in [4.78, 5) is 7.31. The van der Waals surface area contributed by atoms with Crippen LogP contribution in [0, 0.1) is 5.92 Å². The number of fused-ring (bicyclic) bond motifs is 1. The fourth-order valence-electron chi connectivity index (χ4n) is 3.18. The van der Waals surface area contributed by atoms with Gasteiger partial charge in [-0.3, -0.25) is 4.99 Å². The van der Waals surface area contributed by atoms with Crippen LogP contribution in [-0.4, -0.2) is 49.2 Å². The molecule has 2 aliphatic heterocycles. The number of aliphatic imine (C=N–C) groups is 1. The highest BCUT2D eigenvalue weighted by Crippen LogP contribution is 2.33. The Kier molecular flexibility index (Phi) is 5.62. The summed E-state index contributed by atoms with van der Waals surface area (Å²) < 4.78 is 8.07. The molecule has 23 heavy (non-hydrogen) atoms. The summed E-state index contributed by atoms with van der Waals surface area (Å²) in [5.74, 6) is 1.83. The summed E-state index contributed by atoms with van der Waals surface area (Å²) in [5, 5.41) is 0. The van der Waals surface area contributed by atoms with E-state index in [1.54, 1.807) is 6.20 Å². The van der Waals surface area contributed by atoms with E-state index in [-0.39, 0.29) is 0 Å². The van der Waals surface area contributed by atoms with Crippen molar-refractivity contribution in [2.75, 3.05) is 33.3 Å². The average molecular weight is 331 g/mol. The molecule has 124 valence electrons. The van der Waals surface area contributed by atoms with Crippen molar-refractivity contribution < 1.29 is 4.74 Å². The van der Waals surface area contributed by atoms with Crippen LogP contribution >= 0.6 is 11.9 Å². The summed E-state index contributed by atoms with van der Waals surface area (Å²) in [6.45, 7) is 7.71. The zero-order valence-electron chi connectivity index (χ0n) is 13.8. The van der Waals surface area contributed by atoms with Crippen molar-refractivity contribution in [3.05, 3.63) is 36.2 Å². The SMILES string of the molecule is C=N/C=C\N(C)CC1CCN(Sc2ccc3c(c2)CCO3)CC1.